The van der Waals surface area contributed by atoms with Crippen LogP contribution in [-0.4, -0.2) is 39.8 Å². The van der Waals surface area contributed by atoms with E-state index in [-0.39, 0.29) is 36.4 Å². The fraction of sp³-hybridized carbons (Fsp3) is 0.733. The van der Waals surface area contributed by atoms with Crippen molar-refractivity contribution < 1.29 is 24.5 Å². The maximum absolute atomic E-state index is 11.9. The first-order chi connectivity index (χ1) is 9.24. The Labute approximate surface area is 117 Å². The van der Waals surface area contributed by atoms with Gasteiger partial charge in [-0.05, 0) is 25.0 Å². The van der Waals surface area contributed by atoms with E-state index < -0.39 is 23.7 Å². The fourth-order valence-corrected chi connectivity index (χ4v) is 4.08. The van der Waals surface area contributed by atoms with Crippen molar-refractivity contribution in [2.45, 2.75) is 51.4 Å². The predicted molar refractivity (Wildman–Crippen MR) is 69.6 cm³/mol. The molecule has 0 aromatic rings. The number of carbonyl (C=O) groups excluding carboxylic acids is 2. The summed E-state index contributed by atoms with van der Waals surface area (Å²) in [4.78, 5) is 23.7. The first-order valence-corrected chi connectivity index (χ1v) is 7.09. The summed E-state index contributed by atoms with van der Waals surface area (Å²) in [6, 6.07) is 0. The number of ketones is 1. The molecule has 0 spiro atoms. The predicted octanol–water partition coefficient (Wildman–Crippen LogP) is 0.585. The van der Waals surface area contributed by atoms with Crippen molar-refractivity contribution in [3.63, 3.8) is 0 Å². The molecule has 20 heavy (non-hydrogen) atoms. The Balaban J connectivity index is 2.11. The topological polar surface area (TPSA) is 83.8 Å². The molecule has 1 saturated carbocycles. The van der Waals surface area contributed by atoms with Crippen LogP contribution < -0.4 is 0 Å². The average molecular weight is 280 g/mol. The smallest absolute Gasteiger partial charge is 0.309 e. The van der Waals surface area contributed by atoms with Gasteiger partial charge in [-0.15, -0.1) is 0 Å². The lowest BCUT2D eigenvalue weighted by Crippen LogP contribution is -2.37. The Morgan fingerprint density at radius 3 is 2.65 bits per heavy atom. The second-order valence-corrected chi connectivity index (χ2v) is 6.61. The van der Waals surface area contributed by atoms with E-state index in [1.54, 1.807) is 20.8 Å². The number of aliphatic hydroxyl groups is 2. The molecule has 0 radical (unpaired) electrons. The number of hydrogen-bond acceptors (Lipinski definition) is 5. The normalized spacial score (nSPS) is 48.0. The van der Waals surface area contributed by atoms with Crippen LogP contribution in [0, 0.1) is 17.8 Å². The van der Waals surface area contributed by atoms with Gasteiger partial charge in [0.2, 0.25) is 0 Å². The van der Waals surface area contributed by atoms with Crippen molar-refractivity contribution in [2.24, 2.45) is 17.8 Å². The van der Waals surface area contributed by atoms with Crippen LogP contribution in [0.15, 0.2) is 11.1 Å². The van der Waals surface area contributed by atoms with Gasteiger partial charge < -0.3 is 14.9 Å². The van der Waals surface area contributed by atoms with Crippen molar-refractivity contribution >= 4 is 11.8 Å². The molecule has 1 heterocycles. The SMILES string of the molecule is CC1=C2[C@@H](O)[C@@H]3[C@H](C)C(=O)O[C@@H]3C[C@@](C)(O)[C@@H]2CC1=O. The van der Waals surface area contributed by atoms with Gasteiger partial charge in [0.15, 0.2) is 5.78 Å². The number of carbonyl (C=O) groups is 2. The molecule has 110 valence electrons. The number of rotatable bonds is 0. The molecule has 2 N–H and O–H groups in total. The highest BCUT2D eigenvalue weighted by molar-refractivity contribution is 5.99. The van der Waals surface area contributed by atoms with Gasteiger partial charge in [-0.1, -0.05) is 6.92 Å². The van der Waals surface area contributed by atoms with E-state index in [0.717, 1.165) is 0 Å². The third-order valence-corrected chi connectivity index (χ3v) is 5.31. The van der Waals surface area contributed by atoms with Gasteiger partial charge in [0, 0.05) is 24.7 Å². The molecule has 2 aliphatic carbocycles. The first-order valence-electron chi connectivity index (χ1n) is 7.09. The number of aliphatic hydroxyl groups excluding tert-OH is 1. The fourth-order valence-electron chi connectivity index (χ4n) is 4.08. The summed E-state index contributed by atoms with van der Waals surface area (Å²) in [6.45, 7) is 5.09. The summed E-state index contributed by atoms with van der Waals surface area (Å²) >= 11 is 0. The van der Waals surface area contributed by atoms with Gasteiger partial charge in [0.25, 0.3) is 0 Å². The maximum Gasteiger partial charge on any atom is 0.309 e. The summed E-state index contributed by atoms with van der Waals surface area (Å²) in [5, 5.41) is 21.4. The third kappa shape index (κ3) is 1.69. The molecule has 3 aliphatic rings. The highest BCUT2D eigenvalue weighted by Gasteiger charge is 2.57. The zero-order valence-corrected chi connectivity index (χ0v) is 11.9. The summed E-state index contributed by atoms with van der Waals surface area (Å²) in [5.41, 5.74) is 0.000601. The van der Waals surface area contributed by atoms with E-state index in [1.807, 2.05) is 0 Å². The molecule has 5 nitrogen and oxygen atoms in total. The largest absolute Gasteiger partial charge is 0.462 e. The Morgan fingerprint density at radius 1 is 1.35 bits per heavy atom. The van der Waals surface area contributed by atoms with Gasteiger partial charge >= 0.3 is 5.97 Å². The van der Waals surface area contributed by atoms with Crippen molar-refractivity contribution in [1.82, 2.24) is 0 Å². The van der Waals surface area contributed by atoms with Gasteiger partial charge in [-0.3, -0.25) is 9.59 Å². The lowest BCUT2D eigenvalue weighted by molar-refractivity contribution is -0.146. The number of ether oxygens (including phenoxy) is 1. The lowest BCUT2D eigenvalue weighted by Gasteiger charge is -2.31. The second kappa shape index (κ2) is 4.15. The first kappa shape index (κ1) is 13.8. The zero-order valence-electron chi connectivity index (χ0n) is 11.9. The van der Waals surface area contributed by atoms with Crippen LogP contribution in [0.2, 0.25) is 0 Å². The summed E-state index contributed by atoms with van der Waals surface area (Å²) in [7, 11) is 0. The quantitative estimate of drug-likeness (QED) is 0.634. The second-order valence-electron chi connectivity index (χ2n) is 6.61. The minimum absolute atomic E-state index is 0.0272. The van der Waals surface area contributed by atoms with Crippen LogP contribution in [0.4, 0.5) is 0 Å². The third-order valence-electron chi connectivity index (χ3n) is 5.31. The van der Waals surface area contributed by atoms with Crippen molar-refractivity contribution in [3.8, 4) is 0 Å². The Hall–Kier alpha value is -1.20. The molecule has 5 heteroatoms. The molecule has 0 aromatic heterocycles. The van der Waals surface area contributed by atoms with Crippen molar-refractivity contribution in [3.05, 3.63) is 11.1 Å². The molecule has 0 unspecified atom stereocenters. The maximum atomic E-state index is 11.9. The number of hydrogen-bond donors (Lipinski definition) is 2. The highest BCUT2D eigenvalue weighted by Crippen LogP contribution is 2.50. The minimum Gasteiger partial charge on any atom is -0.462 e. The number of esters is 1. The van der Waals surface area contributed by atoms with Crippen LogP contribution in [0.5, 0.6) is 0 Å². The van der Waals surface area contributed by atoms with Crippen molar-refractivity contribution in [1.29, 1.82) is 0 Å². The Kier molecular flexibility index (Phi) is 2.86. The Bertz CT molecular complexity index is 518. The van der Waals surface area contributed by atoms with Gasteiger partial charge in [0.05, 0.1) is 17.6 Å². The standard InChI is InChI=1S/C15H20O5/c1-6-9(16)4-8-11(6)13(17)12-7(2)14(18)20-10(12)5-15(8,3)19/h7-8,10,12-13,17,19H,4-5H2,1-3H3/t7-,8+,10+,12+,13+,15+/m0/s1. The number of allylic oxidation sites excluding steroid dienone is 1. The van der Waals surface area contributed by atoms with Gasteiger partial charge in [-0.2, -0.15) is 0 Å². The molecule has 1 aliphatic heterocycles. The number of Topliss-reactive ketones (excluding diaryl/α,β-unsaturated/α-hetero) is 1. The average Bonchev–Trinajstić information content (AvgIpc) is 2.76. The van der Waals surface area contributed by atoms with Crippen LogP contribution >= 0.6 is 0 Å². The number of fused-ring (bicyclic) bond motifs is 2. The minimum atomic E-state index is -1.15. The molecular formula is C15H20O5. The summed E-state index contributed by atoms with van der Waals surface area (Å²) in [6.07, 6.45) is -0.887. The zero-order chi connectivity index (χ0) is 14.8. The Morgan fingerprint density at radius 2 is 2.00 bits per heavy atom. The van der Waals surface area contributed by atoms with Crippen LogP contribution in [0.1, 0.15) is 33.6 Å². The molecule has 1 saturated heterocycles. The molecule has 0 aromatic carbocycles. The molecule has 0 bridgehead atoms. The van der Waals surface area contributed by atoms with Crippen LogP contribution in [0.3, 0.4) is 0 Å². The van der Waals surface area contributed by atoms with Gasteiger partial charge in [0.1, 0.15) is 6.10 Å². The van der Waals surface area contributed by atoms with E-state index >= 15 is 0 Å². The van der Waals surface area contributed by atoms with Gasteiger partial charge in [-0.25, -0.2) is 0 Å². The highest BCUT2D eigenvalue weighted by atomic mass is 16.6. The molecule has 2 fully saturated rings. The van der Waals surface area contributed by atoms with E-state index in [2.05, 4.69) is 0 Å². The molecule has 0 amide bonds. The summed E-state index contributed by atoms with van der Waals surface area (Å²) in [5.74, 6) is -1.53. The van der Waals surface area contributed by atoms with Crippen LogP contribution in [-0.2, 0) is 14.3 Å². The van der Waals surface area contributed by atoms with Crippen LogP contribution in [0.25, 0.3) is 0 Å². The van der Waals surface area contributed by atoms with Crippen molar-refractivity contribution in [2.75, 3.05) is 0 Å². The van der Waals surface area contributed by atoms with E-state index in [0.29, 0.717) is 11.1 Å². The van der Waals surface area contributed by atoms with E-state index in [9.17, 15) is 19.8 Å². The molecular weight excluding hydrogens is 260 g/mol. The summed E-state index contributed by atoms with van der Waals surface area (Å²) < 4.78 is 5.32. The van der Waals surface area contributed by atoms with E-state index in [4.69, 9.17) is 4.74 Å². The molecule has 6 atom stereocenters. The lowest BCUT2D eigenvalue weighted by atomic mass is 9.81. The monoisotopic (exact) mass is 280 g/mol. The molecule has 3 rings (SSSR count). The van der Waals surface area contributed by atoms with E-state index in [1.165, 1.54) is 0 Å².